The highest BCUT2D eigenvalue weighted by Crippen LogP contribution is 2.18. The zero-order chi connectivity index (χ0) is 15.0. The number of nitriles is 1. The molecule has 0 saturated carbocycles. The lowest BCUT2D eigenvalue weighted by atomic mass is 10.1. The van der Waals surface area contributed by atoms with Crippen LogP contribution < -0.4 is 10.1 Å². The lowest BCUT2D eigenvalue weighted by molar-refractivity contribution is -0.173. The Morgan fingerprint density at radius 1 is 1.35 bits per heavy atom. The molecule has 0 radical (unpaired) electrons. The van der Waals surface area contributed by atoms with Gasteiger partial charge in [-0.2, -0.15) is 18.4 Å². The van der Waals surface area contributed by atoms with E-state index in [2.05, 4.69) is 10.1 Å². The number of alkyl halides is 3. The quantitative estimate of drug-likeness (QED) is 0.782. The second kappa shape index (κ2) is 7.72. The monoisotopic (exact) mass is 288 g/mol. The van der Waals surface area contributed by atoms with Gasteiger partial charge in [-0.25, -0.2) is 0 Å². The van der Waals surface area contributed by atoms with Crippen LogP contribution in [-0.2, 0) is 11.3 Å². The summed E-state index contributed by atoms with van der Waals surface area (Å²) in [6, 6.07) is 7.14. The van der Waals surface area contributed by atoms with Crippen molar-refractivity contribution in [1.82, 2.24) is 5.32 Å². The molecular formula is C13H15F3N2O2. The van der Waals surface area contributed by atoms with Gasteiger partial charge in [0.1, 0.15) is 18.4 Å². The molecule has 0 aliphatic heterocycles. The molecule has 110 valence electrons. The van der Waals surface area contributed by atoms with Gasteiger partial charge in [0, 0.05) is 13.1 Å². The van der Waals surface area contributed by atoms with Crippen LogP contribution in [0.2, 0.25) is 0 Å². The lowest BCUT2D eigenvalue weighted by Crippen LogP contribution is -2.23. The van der Waals surface area contributed by atoms with E-state index in [4.69, 9.17) is 10.00 Å². The summed E-state index contributed by atoms with van der Waals surface area (Å²) >= 11 is 0. The number of halogens is 3. The Morgan fingerprint density at radius 3 is 2.70 bits per heavy atom. The van der Waals surface area contributed by atoms with E-state index in [-0.39, 0.29) is 6.61 Å². The van der Waals surface area contributed by atoms with Crippen LogP contribution in [0, 0.1) is 11.3 Å². The van der Waals surface area contributed by atoms with Crippen LogP contribution in [0.15, 0.2) is 18.2 Å². The smallest absolute Gasteiger partial charge is 0.411 e. The van der Waals surface area contributed by atoms with Crippen molar-refractivity contribution in [2.45, 2.75) is 12.7 Å². The zero-order valence-electron chi connectivity index (χ0n) is 11.0. The predicted molar refractivity (Wildman–Crippen MR) is 66.3 cm³/mol. The van der Waals surface area contributed by atoms with Gasteiger partial charge in [-0.05, 0) is 17.7 Å². The Labute approximate surface area is 115 Å². The molecule has 0 saturated heterocycles. The fourth-order valence-electron chi connectivity index (χ4n) is 1.52. The molecule has 1 N–H and O–H groups in total. The van der Waals surface area contributed by atoms with Crippen LogP contribution in [0.1, 0.15) is 11.1 Å². The minimum absolute atomic E-state index is 0.0270. The van der Waals surface area contributed by atoms with Gasteiger partial charge in [-0.3, -0.25) is 0 Å². The van der Waals surface area contributed by atoms with Crippen LogP contribution in [0.3, 0.4) is 0 Å². The Balaban J connectivity index is 2.31. The average Bonchev–Trinajstić information content (AvgIpc) is 2.41. The third-order valence-corrected chi connectivity index (χ3v) is 2.40. The summed E-state index contributed by atoms with van der Waals surface area (Å²) in [7, 11) is 1.48. The number of hydrogen-bond donors (Lipinski definition) is 1. The maximum absolute atomic E-state index is 11.8. The molecule has 0 aromatic heterocycles. The molecule has 4 nitrogen and oxygen atoms in total. The first-order valence-corrected chi connectivity index (χ1v) is 5.88. The molecule has 7 heteroatoms. The van der Waals surface area contributed by atoms with Crippen molar-refractivity contribution in [2.75, 3.05) is 26.9 Å². The highest BCUT2D eigenvalue weighted by Gasteiger charge is 2.27. The number of methoxy groups -OCH3 is 1. The maximum atomic E-state index is 11.8. The molecule has 1 rings (SSSR count). The van der Waals surface area contributed by atoms with E-state index < -0.39 is 12.8 Å². The molecule has 1 aromatic rings. The fraction of sp³-hybridized carbons (Fsp3) is 0.462. The van der Waals surface area contributed by atoms with Gasteiger partial charge in [0.05, 0.1) is 19.3 Å². The average molecular weight is 288 g/mol. The number of hydrogen-bond acceptors (Lipinski definition) is 4. The fourth-order valence-corrected chi connectivity index (χ4v) is 1.52. The van der Waals surface area contributed by atoms with E-state index >= 15 is 0 Å². The zero-order valence-corrected chi connectivity index (χ0v) is 11.0. The second-order valence-electron chi connectivity index (χ2n) is 3.99. The summed E-state index contributed by atoms with van der Waals surface area (Å²) in [5, 5.41) is 11.8. The normalized spacial score (nSPS) is 11.2. The molecule has 1 aromatic carbocycles. The topological polar surface area (TPSA) is 54.3 Å². The molecule has 0 unspecified atom stereocenters. The maximum Gasteiger partial charge on any atom is 0.411 e. The third kappa shape index (κ3) is 5.91. The first-order valence-electron chi connectivity index (χ1n) is 5.88. The van der Waals surface area contributed by atoms with E-state index in [9.17, 15) is 13.2 Å². The van der Waals surface area contributed by atoms with Gasteiger partial charge < -0.3 is 14.8 Å². The van der Waals surface area contributed by atoms with Crippen molar-refractivity contribution in [3.63, 3.8) is 0 Å². The SMILES string of the molecule is COc1ccc(CNCCOCC(F)(F)F)cc1C#N. The minimum atomic E-state index is -4.29. The van der Waals surface area contributed by atoms with Gasteiger partial charge in [-0.15, -0.1) is 0 Å². The third-order valence-electron chi connectivity index (χ3n) is 2.40. The minimum Gasteiger partial charge on any atom is -0.495 e. The number of nitrogens with one attached hydrogen (secondary N) is 1. The van der Waals surface area contributed by atoms with Gasteiger partial charge in [-0.1, -0.05) is 6.07 Å². The molecule has 0 aliphatic carbocycles. The Hall–Kier alpha value is -1.78. The van der Waals surface area contributed by atoms with Gasteiger partial charge in [0.2, 0.25) is 0 Å². The summed E-state index contributed by atoms with van der Waals surface area (Å²) in [5.74, 6) is 0.491. The number of rotatable bonds is 7. The highest BCUT2D eigenvalue weighted by molar-refractivity contribution is 5.45. The predicted octanol–water partition coefficient (Wildman–Crippen LogP) is 2.24. The molecule has 0 aliphatic rings. The Morgan fingerprint density at radius 2 is 2.10 bits per heavy atom. The number of benzene rings is 1. The first-order chi connectivity index (χ1) is 9.46. The van der Waals surface area contributed by atoms with Crippen molar-refractivity contribution >= 4 is 0 Å². The van der Waals surface area contributed by atoms with Gasteiger partial charge >= 0.3 is 6.18 Å². The van der Waals surface area contributed by atoms with E-state index in [0.717, 1.165) is 5.56 Å². The van der Waals surface area contributed by atoms with Gasteiger partial charge in [0.15, 0.2) is 0 Å². The molecule has 0 heterocycles. The first kappa shape index (κ1) is 16.3. The molecule has 0 amide bonds. The van der Waals surface area contributed by atoms with E-state index in [1.54, 1.807) is 18.2 Å². The lowest BCUT2D eigenvalue weighted by Gasteiger charge is -2.09. The molecule has 0 atom stereocenters. The summed E-state index contributed by atoms with van der Waals surface area (Å²) in [5.41, 5.74) is 1.26. The molecule has 0 bridgehead atoms. The van der Waals surface area contributed by atoms with Crippen molar-refractivity contribution in [3.05, 3.63) is 29.3 Å². The summed E-state index contributed by atoms with van der Waals surface area (Å²) in [4.78, 5) is 0. The Kier molecular flexibility index (Phi) is 6.28. The van der Waals surface area contributed by atoms with E-state index in [1.165, 1.54) is 7.11 Å². The molecule has 0 fully saturated rings. The molecular weight excluding hydrogens is 273 g/mol. The van der Waals surface area contributed by atoms with Gasteiger partial charge in [0.25, 0.3) is 0 Å². The second-order valence-corrected chi connectivity index (χ2v) is 3.99. The molecule has 20 heavy (non-hydrogen) atoms. The highest BCUT2D eigenvalue weighted by atomic mass is 19.4. The summed E-state index contributed by atoms with van der Waals surface area (Å²) < 4.78 is 44.9. The summed E-state index contributed by atoms with van der Waals surface area (Å²) in [6.45, 7) is -0.533. The van der Waals surface area contributed by atoms with Crippen LogP contribution in [0.25, 0.3) is 0 Å². The van der Waals surface area contributed by atoms with Crippen molar-refractivity contribution in [1.29, 1.82) is 5.26 Å². The van der Waals surface area contributed by atoms with E-state index in [1.807, 2.05) is 6.07 Å². The van der Waals surface area contributed by atoms with Crippen LogP contribution >= 0.6 is 0 Å². The largest absolute Gasteiger partial charge is 0.495 e. The summed E-state index contributed by atoms with van der Waals surface area (Å²) in [6.07, 6.45) is -4.29. The van der Waals surface area contributed by atoms with E-state index in [0.29, 0.717) is 24.4 Å². The standard InChI is InChI=1S/C13H15F3N2O2/c1-19-12-3-2-10(6-11(12)7-17)8-18-4-5-20-9-13(14,15)16/h2-3,6,18H,4-5,8-9H2,1H3. The Bertz CT molecular complexity index is 470. The van der Waals surface area contributed by atoms with Crippen molar-refractivity contribution in [2.24, 2.45) is 0 Å². The van der Waals surface area contributed by atoms with Crippen LogP contribution in [0.4, 0.5) is 13.2 Å². The van der Waals surface area contributed by atoms with Crippen LogP contribution in [0.5, 0.6) is 5.75 Å². The van der Waals surface area contributed by atoms with Crippen LogP contribution in [-0.4, -0.2) is 33.0 Å². The van der Waals surface area contributed by atoms with Crippen molar-refractivity contribution < 1.29 is 22.6 Å². The number of ether oxygens (including phenoxy) is 2. The number of nitrogens with zero attached hydrogens (tertiary/aromatic N) is 1. The molecule has 0 spiro atoms. The van der Waals surface area contributed by atoms with Crippen molar-refractivity contribution in [3.8, 4) is 11.8 Å².